The number of esters is 1. The molecule has 23 heavy (non-hydrogen) atoms. The number of cyclic esters (lactones) is 1. The smallest absolute Gasteiger partial charge is 0.337 e. The highest BCUT2D eigenvalue weighted by atomic mass is 16.6. The van der Waals surface area contributed by atoms with Crippen LogP contribution in [0.4, 0.5) is 0 Å². The van der Waals surface area contributed by atoms with Crippen LogP contribution in [0.2, 0.25) is 0 Å². The molecule has 1 aromatic rings. The highest BCUT2D eigenvalue weighted by molar-refractivity contribution is 6.01. The lowest BCUT2D eigenvalue weighted by atomic mass is 10.0. The fraction of sp³-hybridized carbons (Fsp3) is 0.471. The minimum Gasteiger partial charge on any atom is -0.497 e. The van der Waals surface area contributed by atoms with Gasteiger partial charge in [-0.25, -0.2) is 9.79 Å². The third-order valence-electron chi connectivity index (χ3n) is 3.62. The first-order chi connectivity index (χ1) is 10.9. The van der Waals surface area contributed by atoms with E-state index >= 15 is 0 Å². The zero-order chi connectivity index (χ0) is 17.0. The number of benzene rings is 1. The second-order valence-electron chi connectivity index (χ2n) is 5.88. The molecule has 1 amide bonds. The van der Waals surface area contributed by atoms with E-state index < -0.39 is 12.1 Å². The SMILES string of the molecule is COc1ccc(CC(NC(C)=O)C2=NC(C(C)C)C(=O)O2)cc1. The van der Waals surface area contributed by atoms with Crippen molar-refractivity contribution in [3.05, 3.63) is 29.8 Å². The molecule has 2 unspecified atom stereocenters. The summed E-state index contributed by atoms with van der Waals surface area (Å²) in [5, 5.41) is 2.80. The van der Waals surface area contributed by atoms with Crippen LogP contribution in [0.15, 0.2) is 29.3 Å². The molecule has 124 valence electrons. The molecule has 0 saturated heterocycles. The Balaban J connectivity index is 2.18. The third-order valence-corrected chi connectivity index (χ3v) is 3.62. The van der Waals surface area contributed by atoms with Crippen LogP contribution in [0.5, 0.6) is 5.75 Å². The van der Waals surface area contributed by atoms with E-state index in [9.17, 15) is 9.59 Å². The van der Waals surface area contributed by atoms with Gasteiger partial charge in [0.2, 0.25) is 11.8 Å². The topological polar surface area (TPSA) is 77.0 Å². The van der Waals surface area contributed by atoms with Gasteiger partial charge in [0, 0.05) is 13.3 Å². The van der Waals surface area contributed by atoms with Crippen LogP contribution < -0.4 is 10.1 Å². The number of ether oxygens (including phenoxy) is 2. The molecule has 0 spiro atoms. The summed E-state index contributed by atoms with van der Waals surface area (Å²) in [5.41, 5.74) is 0.983. The normalized spacial score (nSPS) is 18.4. The van der Waals surface area contributed by atoms with Gasteiger partial charge in [-0.2, -0.15) is 0 Å². The Bertz CT molecular complexity index is 608. The van der Waals surface area contributed by atoms with Gasteiger partial charge in [0.05, 0.1) is 7.11 Å². The molecule has 0 bridgehead atoms. The quantitative estimate of drug-likeness (QED) is 0.810. The van der Waals surface area contributed by atoms with Gasteiger partial charge in [-0.15, -0.1) is 0 Å². The van der Waals surface area contributed by atoms with Crippen molar-refractivity contribution in [3.8, 4) is 5.75 Å². The zero-order valence-corrected chi connectivity index (χ0v) is 13.8. The lowest BCUT2D eigenvalue weighted by Crippen LogP contribution is -2.41. The summed E-state index contributed by atoms with van der Waals surface area (Å²) in [6.45, 7) is 5.25. The van der Waals surface area contributed by atoms with Crippen LogP contribution >= 0.6 is 0 Å². The fourth-order valence-corrected chi connectivity index (χ4v) is 2.40. The highest BCUT2D eigenvalue weighted by Gasteiger charge is 2.35. The van der Waals surface area contributed by atoms with E-state index in [0.717, 1.165) is 11.3 Å². The van der Waals surface area contributed by atoms with Crippen molar-refractivity contribution in [3.63, 3.8) is 0 Å². The summed E-state index contributed by atoms with van der Waals surface area (Å²) in [7, 11) is 1.61. The van der Waals surface area contributed by atoms with E-state index in [-0.39, 0.29) is 23.7 Å². The van der Waals surface area contributed by atoms with Crippen LogP contribution in [-0.2, 0) is 20.7 Å². The number of amides is 1. The molecule has 1 aliphatic heterocycles. The molecule has 1 heterocycles. The van der Waals surface area contributed by atoms with Crippen molar-refractivity contribution in [1.82, 2.24) is 5.32 Å². The number of hydrogen-bond donors (Lipinski definition) is 1. The number of carbonyl (C=O) groups is 2. The van der Waals surface area contributed by atoms with Crippen molar-refractivity contribution in [2.24, 2.45) is 10.9 Å². The highest BCUT2D eigenvalue weighted by Crippen LogP contribution is 2.19. The number of aliphatic imine (C=N–C) groups is 1. The number of rotatable bonds is 6. The van der Waals surface area contributed by atoms with E-state index in [1.54, 1.807) is 7.11 Å². The molecule has 0 aromatic heterocycles. The van der Waals surface area contributed by atoms with Crippen molar-refractivity contribution in [1.29, 1.82) is 0 Å². The summed E-state index contributed by atoms with van der Waals surface area (Å²) >= 11 is 0. The first-order valence-electron chi connectivity index (χ1n) is 7.60. The van der Waals surface area contributed by atoms with E-state index in [0.29, 0.717) is 6.42 Å². The average molecular weight is 318 g/mol. The number of nitrogens with one attached hydrogen (secondary N) is 1. The second kappa shape index (κ2) is 7.26. The summed E-state index contributed by atoms with van der Waals surface area (Å²) in [4.78, 5) is 27.7. The molecular formula is C17H22N2O4. The number of methoxy groups -OCH3 is 1. The zero-order valence-electron chi connectivity index (χ0n) is 13.8. The molecule has 2 rings (SSSR count). The molecule has 6 heteroatoms. The van der Waals surface area contributed by atoms with Gasteiger partial charge in [-0.1, -0.05) is 26.0 Å². The number of carbonyl (C=O) groups excluding carboxylic acids is 2. The van der Waals surface area contributed by atoms with E-state index in [4.69, 9.17) is 9.47 Å². The van der Waals surface area contributed by atoms with Gasteiger partial charge in [0.25, 0.3) is 0 Å². The average Bonchev–Trinajstić information content (AvgIpc) is 2.89. The molecule has 0 aliphatic carbocycles. The lowest BCUT2D eigenvalue weighted by Gasteiger charge is -2.17. The van der Waals surface area contributed by atoms with Crippen LogP contribution in [-0.4, -0.2) is 37.0 Å². The van der Waals surface area contributed by atoms with Crippen molar-refractivity contribution < 1.29 is 19.1 Å². The van der Waals surface area contributed by atoms with Gasteiger partial charge in [0.1, 0.15) is 11.8 Å². The maximum atomic E-state index is 11.9. The van der Waals surface area contributed by atoms with Gasteiger partial charge < -0.3 is 14.8 Å². The predicted octanol–water partition coefficient (Wildman–Crippen LogP) is 1.72. The van der Waals surface area contributed by atoms with Crippen molar-refractivity contribution in [2.75, 3.05) is 7.11 Å². The molecule has 2 atom stereocenters. The Morgan fingerprint density at radius 1 is 1.35 bits per heavy atom. The van der Waals surface area contributed by atoms with Gasteiger partial charge in [0.15, 0.2) is 6.04 Å². The maximum Gasteiger partial charge on any atom is 0.337 e. The second-order valence-corrected chi connectivity index (χ2v) is 5.88. The monoisotopic (exact) mass is 318 g/mol. The van der Waals surface area contributed by atoms with Crippen molar-refractivity contribution in [2.45, 2.75) is 39.3 Å². The Morgan fingerprint density at radius 3 is 2.48 bits per heavy atom. The Hall–Kier alpha value is -2.37. The number of hydrogen-bond acceptors (Lipinski definition) is 5. The van der Waals surface area contributed by atoms with Gasteiger partial charge in [-0.3, -0.25) is 4.79 Å². The molecule has 6 nitrogen and oxygen atoms in total. The minimum atomic E-state index is -0.503. The minimum absolute atomic E-state index is 0.0546. The largest absolute Gasteiger partial charge is 0.497 e. The van der Waals surface area contributed by atoms with E-state index in [2.05, 4.69) is 10.3 Å². The van der Waals surface area contributed by atoms with E-state index in [1.807, 2.05) is 38.1 Å². The third kappa shape index (κ3) is 4.31. The first kappa shape index (κ1) is 17.0. The Labute approximate surface area is 135 Å². The van der Waals surface area contributed by atoms with Crippen LogP contribution in [0.25, 0.3) is 0 Å². The maximum absolute atomic E-state index is 11.9. The molecule has 1 aliphatic rings. The molecule has 0 saturated carbocycles. The van der Waals surface area contributed by atoms with Crippen LogP contribution in [0.1, 0.15) is 26.3 Å². The standard InChI is InChI=1S/C17H22N2O4/c1-10(2)15-17(21)23-16(19-15)14(18-11(3)20)9-12-5-7-13(22-4)8-6-12/h5-8,10,14-15H,9H2,1-4H3,(H,18,20). The molecule has 1 N–H and O–H groups in total. The Morgan fingerprint density at radius 2 is 2.00 bits per heavy atom. The molecular weight excluding hydrogens is 296 g/mol. The predicted molar refractivity (Wildman–Crippen MR) is 86.5 cm³/mol. The lowest BCUT2D eigenvalue weighted by molar-refractivity contribution is -0.136. The summed E-state index contributed by atoms with van der Waals surface area (Å²) < 4.78 is 10.4. The van der Waals surface area contributed by atoms with Crippen molar-refractivity contribution >= 4 is 17.8 Å². The van der Waals surface area contributed by atoms with Gasteiger partial charge in [-0.05, 0) is 23.6 Å². The molecule has 1 aromatic carbocycles. The molecule has 0 radical (unpaired) electrons. The fourth-order valence-electron chi connectivity index (χ4n) is 2.40. The summed E-state index contributed by atoms with van der Waals surface area (Å²) in [5.74, 6) is 0.531. The van der Waals surface area contributed by atoms with Crippen LogP contribution in [0, 0.1) is 5.92 Å². The number of nitrogens with zero attached hydrogens (tertiary/aromatic N) is 1. The van der Waals surface area contributed by atoms with Gasteiger partial charge >= 0.3 is 5.97 Å². The molecule has 0 fully saturated rings. The summed E-state index contributed by atoms with van der Waals surface area (Å²) in [6.07, 6.45) is 0.487. The summed E-state index contributed by atoms with van der Waals surface area (Å²) in [6, 6.07) is 6.54. The van der Waals surface area contributed by atoms with E-state index in [1.165, 1.54) is 6.92 Å². The first-order valence-corrected chi connectivity index (χ1v) is 7.60. The Kier molecular flexibility index (Phi) is 5.36. The van der Waals surface area contributed by atoms with Crippen LogP contribution in [0.3, 0.4) is 0 Å².